The molecule has 0 aromatic heterocycles. The van der Waals surface area contributed by atoms with Crippen LogP contribution in [0.15, 0.2) is 59.1 Å². The van der Waals surface area contributed by atoms with Crippen molar-refractivity contribution in [3.63, 3.8) is 0 Å². The van der Waals surface area contributed by atoms with Gasteiger partial charge < -0.3 is 26.8 Å². The van der Waals surface area contributed by atoms with Gasteiger partial charge in [-0.1, -0.05) is 6.58 Å². The van der Waals surface area contributed by atoms with Gasteiger partial charge in [-0.3, -0.25) is 14.5 Å². The lowest BCUT2D eigenvalue weighted by molar-refractivity contribution is -0.123. The predicted octanol–water partition coefficient (Wildman–Crippen LogP) is 3.40. The average molecular weight is 550 g/mol. The normalized spacial score (nSPS) is 24.1. The molecular weight excluding hydrogens is 520 g/mol. The van der Waals surface area contributed by atoms with Crippen LogP contribution in [0.4, 0.5) is 8.78 Å². The van der Waals surface area contributed by atoms with Crippen molar-refractivity contribution in [3.8, 4) is 16.9 Å². The third-order valence-electron chi connectivity index (χ3n) is 8.33. The molecule has 7 N–H and O–H groups in total. The second kappa shape index (κ2) is 9.75. The third kappa shape index (κ3) is 3.87. The van der Waals surface area contributed by atoms with Gasteiger partial charge in [0.15, 0.2) is 5.78 Å². The Kier molecular flexibility index (Phi) is 6.66. The number of hydrogen-bond acceptors (Lipinski definition) is 7. The minimum absolute atomic E-state index is 0.0409. The van der Waals surface area contributed by atoms with E-state index in [2.05, 4.69) is 12.3 Å². The second-order valence-electron chi connectivity index (χ2n) is 10.6. The smallest absolute Gasteiger partial charge is 0.253 e. The molecule has 1 saturated carbocycles. The van der Waals surface area contributed by atoms with Crippen molar-refractivity contribution in [2.45, 2.75) is 25.4 Å². The predicted molar refractivity (Wildman–Crippen MR) is 144 cm³/mol. The Labute approximate surface area is 229 Å². The number of rotatable bonds is 4. The third-order valence-corrected chi connectivity index (χ3v) is 8.33. The van der Waals surface area contributed by atoms with Gasteiger partial charge in [-0.2, -0.15) is 0 Å². The minimum Gasteiger partial charge on any atom is -0.510 e. The van der Waals surface area contributed by atoms with Crippen LogP contribution < -0.4 is 11.5 Å². The van der Waals surface area contributed by atoms with Gasteiger partial charge in [0.25, 0.3) is 5.91 Å². The molecule has 0 aliphatic heterocycles. The molecule has 0 bridgehead atoms. The maximum absolute atomic E-state index is 15.0. The number of phenols is 1. The molecule has 2 aromatic carbocycles. The fraction of sp³-hybridized carbons (Fsp3) is 0.300. The van der Waals surface area contributed by atoms with Crippen LogP contribution in [0.3, 0.4) is 0 Å². The van der Waals surface area contributed by atoms with Crippen LogP contribution in [0.1, 0.15) is 23.1 Å². The van der Waals surface area contributed by atoms with Crippen molar-refractivity contribution in [1.29, 1.82) is 0 Å². The highest BCUT2D eigenvalue weighted by molar-refractivity contribution is 6.10. The molecule has 8 nitrogen and oxygen atoms in total. The number of primary amides is 1. The number of nitrogens with two attached hydrogens (primary N) is 2. The zero-order valence-electron chi connectivity index (χ0n) is 22.0. The number of likely N-dealkylation sites (N-methyl/N-ethyl adjacent to an activating group) is 1. The zero-order chi connectivity index (χ0) is 29.2. The van der Waals surface area contributed by atoms with E-state index in [-0.39, 0.29) is 64.3 Å². The van der Waals surface area contributed by atoms with Crippen molar-refractivity contribution < 1.29 is 33.7 Å². The van der Waals surface area contributed by atoms with E-state index in [1.807, 2.05) is 0 Å². The number of carbonyl (C=O) groups excluding carboxylic acids is 2. The lowest BCUT2D eigenvalue weighted by atomic mass is 9.58. The van der Waals surface area contributed by atoms with Gasteiger partial charge >= 0.3 is 0 Å². The number of ketones is 1. The van der Waals surface area contributed by atoms with Crippen molar-refractivity contribution in [2.24, 2.45) is 29.2 Å². The maximum atomic E-state index is 15.0. The first-order valence-corrected chi connectivity index (χ1v) is 12.7. The topological polar surface area (TPSA) is 150 Å². The zero-order valence-corrected chi connectivity index (χ0v) is 22.0. The number of halogens is 2. The fourth-order valence-corrected chi connectivity index (χ4v) is 6.75. The molecule has 4 atom stereocenters. The summed E-state index contributed by atoms with van der Waals surface area (Å²) in [4.78, 5) is 28.2. The quantitative estimate of drug-likeness (QED) is 0.367. The van der Waals surface area contributed by atoms with Gasteiger partial charge in [-0.15, -0.1) is 5.73 Å². The Morgan fingerprint density at radius 3 is 2.45 bits per heavy atom. The van der Waals surface area contributed by atoms with E-state index in [4.69, 9.17) is 11.5 Å². The van der Waals surface area contributed by atoms with Crippen molar-refractivity contribution in [1.82, 2.24) is 4.90 Å². The number of aliphatic hydroxyl groups is 2. The number of hydrogen-bond donors (Lipinski definition) is 5. The molecule has 3 unspecified atom stereocenters. The molecule has 1 amide bonds. The number of amides is 1. The van der Waals surface area contributed by atoms with E-state index >= 15 is 0 Å². The first kappa shape index (κ1) is 27.3. The molecule has 3 aliphatic carbocycles. The summed E-state index contributed by atoms with van der Waals surface area (Å²) in [6, 6.07) is 3.88. The molecule has 5 rings (SSSR count). The van der Waals surface area contributed by atoms with Gasteiger partial charge in [0.1, 0.15) is 28.9 Å². The lowest BCUT2D eigenvalue weighted by Gasteiger charge is -2.47. The molecule has 0 saturated heterocycles. The monoisotopic (exact) mass is 549 g/mol. The van der Waals surface area contributed by atoms with E-state index in [1.54, 1.807) is 19.0 Å². The van der Waals surface area contributed by atoms with Crippen LogP contribution >= 0.6 is 0 Å². The number of nitrogens with zero attached hydrogens (tertiary/aromatic N) is 1. The van der Waals surface area contributed by atoms with Crippen molar-refractivity contribution in [2.75, 3.05) is 14.1 Å². The van der Waals surface area contributed by atoms with Crippen LogP contribution in [0.2, 0.25) is 0 Å². The Hall–Kier alpha value is -4.24. The van der Waals surface area contributed by atoms with Gasteiger partial charge in [-0.25, -0.2) is 8.78 Å². The summed E-state index contributed by atoms with van der Waals surface area (Å²) in [5.41, 5.74) is 14.8. The highest BCUT2D eigenvalue weighted by Crippen LogP contribution is 2.54. The molecule has 40 heavy (non-hydrogen) atoms. The number of Topliss-reactive ketones (excluding diaryl/α,β-unsaturated/α-hetero) is 1. The Balaban J connectivity index is 1.76. The van der Waals surface area contributed by atoms with E-state index in [0.717, 1.165) is 12.1 Å². The Morgan fingerprint density at radius 1 is 1.18 bits per heavy atom. The Morgan fingerprint density at radius 2 is 1.88 bits per heavy atom. The van der Waals surface area contributed by atoms with Gasteiger partial charge in [0.2, 0.25) is 0 Å². The van der Waals surface area contributed by atoms with Crippen LogP contribution in [0, 0.1) is 29.4 Å². The molecule has 3 aliphatic rings. The van der Waals surface area contributed by atoms with E-state index in [9.17, 15) is 33.7 Å². The van der Waals surface area contributed by atoms with Crippen molar-refractivity contribution >= 4 is 17.4 Å². The molecular formula is C30H29F2N3O5. The molecule has 2 aromatic rings. The average Bonchev–Trinajstić information content (AvgIpc) is 2.87. The Bertz CT molecular complexity index is 1600. The van der Waals surface area contributed by atoms with Gasteiger partial charge in [0, 0.05) is 34.9 Å². The number of phenolic OH excluding ortho intramolecular Hbond substituents is 1. The van der Waals surface area contributed by atoms with Crippen LogP contribution in [-0.4, -0.2) is 52.0 Å². The molecule has 0 spiro atoms. The first-order valence-electron chi connectivity index (χ1n) is 12.7. The first-order chi connectivity index (χ1) is 18.9. The SMILES string of the molecule is C=C=C1C(C(N)=O)=C(O)[C@@H](N(C)C)C2CC3Cc4c(-c5ccc(F)cc5F)cc(CN)c(O)c4C(O)=C3C(=O)C12. The fourth-order valence-electron chi connectivity index (χ4n) is 6.75. The number of aliphatic hydroxyl groups excluding tert-OH is 2. The summed E-state index contributed by atoms with van der Waals surface area (Å²) in [6.45, 7) is 3.47. The van der Waals surface area contributed by atoms with E-state index in [1.165, 1.54) is 12.1 Å². The number of allylic oxidation sites excluding steroid dienone is 1. The number of benzene rings is 2. The largest absolute Gasteiger partial charge is 0.510 e. The molecule has 0 heterocycles. The minimum atomic E-state index is -0.993. The maximum Gasteiger partial charge on any atom is 0.253 e. The molecule has 0 radical (unpaired) electrons. The summed E-state index contributed by atoms with van der Waals surface area (Å²) in [5, 5.41) is 33.7. The van der Waals surface area contributed by atoms with Crippen LogP contribution in [-0.2, 0) is 22.6 Å². The summed E-state index contributed by atoms with van der Waals surface area (Å²) >= 11 is 0. The number of fused-ring (bicyclic) bond motifs is 3. The highest BCUT2D eigenvalue weighted by atomic mass is 19.1. The molecule has 208 valence electrons. The summed E-state index contributed by atoms with van der Waals surface area (Å²) in [5.74, 6) is -6.26. The van der Waals surface area contributed by atoms with E-state index in [0.29, 0.717) is 11.1 Å². The van der Waals surface area contributed by atoms with E-state index < -0.39 is 52.9 Å². The van der Waals surface area contributed by atoms with Gasteiger partial charge in [0.05, 0.1) is 23.1 Å². The highest BCUT2D eigenvalue weighted by Gasteiger charge is 2.54. The van der Waals surface area contributed by atoms with Crippen LogP contribution in [0.25, 0.3) is 16.9 Å². The standard InChI is InChI=1S/C30H29F2N3O5/c1-4-15-22-19(25(35(2)3)29(39)24(15)30(34)40)8-12-7-18-17(16-6-5-14(31)10-20(16)32)9-13(11-33)26(36)23(18)28(38)21(12)27(22)37/h5-6,9-10,12,19,22,25,36,38-39H,1,7-8,11,33H2,2-3H3,(H2,34,40)/t12?,19?,22?,25-/m0/s1. The van der Waals surface area contributed by atoms with Crippen LogP contribution in [0.5, 0.6) is 5.75 Å². The molecule has 1 fully saturated rings. The number of aromatic hydroxyl groups is 1. The number of carbonyl (C=O) groups is 2. The second-order valence-corrected chi connectivity index (χ2v) is 10.6. The lowest BCUT2D eigenvalue weighted by Crippen LogP contribution is -2.52. The summed E-state index contributed by atoms with van der Waals surface area (Å²) in [7, 11) is 3.40. The molecule has 10 heteroatoms. The summed E-state index contributed by atoms with van der Waals surface area (Å²) in [6.07, 6.45) is 0.415. The summed E-state index contributed by atoms with van der Waals surface area (Å²) < 4.78 is 28.7. The van der Waals surface area contributed by atoms with Gasteiger partial charge in [-0.05, 0) is 68.1 Å². The van der Waals surface area contributed by atoms with Crippen molar-refractivity contribution in [3.05, 3.63) is 87.4 Å².